The van der Waals surface area contributed by atoms with Crippen LogP contribution in [0, 0.1) is 0 Å². The lowest BCUT2D eigenvalue weighted by molar-refractivity contribution is -0.124. The van der Waals surface area contributed by atoms with Gasteiger partial charge in [0.15, 0.2) is 11.6 Å². The fourth-order valence-electron chi connectivity index (χ4n) is 1.96. The first-order valence-corrected chi connectivity index (χ1v) is 6.72. The molecule has 1 radical (unpaired) electrons. The van der Waals surface area contributed by atoms with E-state index in [-0.39, 0.29) is 11.6 Å². The summed E-state index contributed by atoms with van der Waals surface area (Å²) in [6.07, 6.45) is 5.59. The first-order chi connectivity index (χ1) is 10.9. The van der Waals surface area contributed by atoms with Crippen molar-refractivity contribution in [3.8, 4) is 0 Å². The monoisotopic (exact) mass is 318 g/mol. The Kier molecular flexibility index (Phi) is 9.92. The van der Waals surface area contributed by atoms with E-state index in [1.165, 1.54) is 24.3 Å². The maximum atomic E-state index is 12.3. The fraction of sp³-hybridized carbons (Fsp3) is 0.176. The summed E-state index contributed by atoms with van der Waals surface area (Å²) >= 11 is 0. The molecular weight excluding hydrogens is 299 g/mol. The SMILES string of the molecule is C=CC=CC(=O)C(C(=O)C=C)c1ccccc1N(C)C.F[B]F. The zero-order valence-corrected chi connectivity index (χ0v) is 13.2. The molecular formula is C17H19BF2NO2. The largest absolute Gasteiger partial charge is 0.577 e. The quantitative estimate of drug-likeness (QED) is 0.335. The van der Waals surface area contributed by atoms with Crippen molar-refractivity contribution in [2.75, 3.05) is 19.0 Å². The molecule has 0 aliphatic rings. The van der Waals surface area contributed by atoms with Crippen LogP contribution in [0.25, 0.3) is 0 Å². The minimum absolute atomic E-state index is 0.274. The van der Waals surface area contributed by atoms with Crippen LogP contribution < -0.4 is 4.90 Å². The Morgan fingerprint density at radius 1 is 1.17 bits per heavy atom. The molecule has 0 fully saturated rings. The Bertz CT molecular complexity index is 586. The molecule has 0 saturated heterocycles. The molecule has 0 amide bonds. The number of ketones is 2. The predicted molar refractivity (Wildman–Crippen MR) is 91.0 cm³/mol. The molecule has 1 atom stereocenters. The lowest BCUT2D eigenvalue weighted by Crippen LogP contribution is -2.22. The second-order valence-corrected chi connectivity index (χ2v) is 4.57. The smallest absolute Gasteiger partial charge is 0.377 e. The van der Waals surface area contributed by atoms with Crippen LogP contribution in [0.5, 0.6) is 0 Å². The second-order valence-electron chi connectivity index (χ2n) is 4.57. The minimum Gasteiger partial charge on any atom is -0.377 e. The van der Waals surface area contributed by atoms with Gasteiger partial charge in [0.05, 0.1) is 0 Å². The number of para-hydroxylation sites is 1. The Balaban J connectivity index is 0.00000149. The van der Waals surface area contributed by atoms with Gasteiger partial charge in [-0.05, 0) is 23.8 Å². The number of carbonyl (C=O) groups is 2. The van der Waals surface area contributed by atoms with Gasteiger partial charge in [-0.2, -0.15) is 0 Å². The second kappa shape index (κ2) is 11.1. The molecule has 0 N–H and O–H groups in total. The van der Waals surface area contributed by atoms with E-state index in [9.17, 15) is 18.2 Å². The van der Waals surface area contributed by atoms with E-state index >= 15 is 0 Å². The van der Waals surface area contributed by atoms with E-state index in [0.29, 0.717) is 5.56 Å². The Morgan fingerprint density at radius 3 is 2.22 bits per heavy atom. The lowest BCUT2D eigenvalue weighted by Gasteiger charge is -2.21. The van der Waals surface area contributed by atoms with E-state index in [2.05, 4.69) is 13.2 Å². The zero-order valence-electron chi connectivity index (χ0n) is 13.2. The molecule has 1 aromatic carbocycles. The molecule has 0 spiro atoms. The Labute approximate surface area is 136 Å². The zero-order chi connectivity index (χ0) is 17.8. The van der Waals surface area contributed by atoms with Gasteiger partial charge in [0.1, 0.15) is 5.92 Å². The summed E-state index contributed by atoms with van der Waals surface area (Å²) in [5, 5.41) is 0. The highest BCUT2D eigenvalue weighted by atomic mass is 19.2. The number of carbonyl (C=O) groups excluding carboxylic acids is 2. The molecule has 3 nitrogen and oxygen atoms in total. The number of benzene rings is 1. The summed E-state index contributed by atoms with van der Waals surface area (Å²) < 4.78 is 19.0. The van der Waals surface area contributed by atoms with Gasteiger partial charge in [0.25, 0.3) is 0 Å². The predicted octanol–water partition coefficient (Wildman–Crippen LogP) is 3.36. The van der Waals surface area contributed by atoms with Crippen LogP contribution in [0.2, 0.25) is 0 Å². The van der Waals surface area contributed by atoms with Crippen LogP contribution in [0.1, 0.15) is 11.5 Å². The molecule has 0 aliphatic carbocycles. The number of halogens is 2. The van der Waals surface area contributed by atoms with Gasteiger partial charge in [-0.25, -0.2) is 0 Å². The molecule has 1 aromatic rings. The average molecular weight is 318 g/mol. The average Bonchev–Trinajstić information content (AvgIpc) is 2.54. The van der Waals surface area contributed by atoms with Crippen molar-refractivity contribution in [1.29, 1.82) is 0 Å². The van der Waals surface area contributed by atoms with Crippen molar-refractivity contribution in [3.63, 3.8) is 0 Å². The van der Waals surface area contributed by atoms with Crippen molar-refractivity contribution in [2.24, 2.45) is 0 Å². The van der Waals surface area contributed by atoms with Crippen LogP contribution in [-0.4, -0.2) is 33.5 Å². The van der Waals surface area contributed by atoms with Gasteiger partial charge in [-0.15, -0.1) is 0 Å². The van der Waals surface area contributed by atoms with Gasteiger partial charge < -0.3 is 4.90 Å². The first-order valence-electron chi connectivity index (χ1n) is 6.72. The molecule has 0 saturated carbocycles. The number of rotatable bonds is 7. The van der Waals surface area contributed by atoms with Crippen LogP contribution in [0.3, 0.4) is 0 Å². The lowest BCUT2D eigenvalue weighted by atomic mass is 9.88. The summed E-state index contributed by atoms with van der Waals surface area (Å²) in [5.74, 6) is -1.44. The fourth-order valence-corrected chi connectivity index (χ4v) is 1.96. The van der Waals surface area contributed by atoms with Crippen molar-refractivity contribution in [3.05, 3.63) is 67.3 Å². The van der Waals surface area contributed by atoms with Crippen LogP contribution in [0.4, 0.5) is 14.3 Å². The van der Waals surface area contributed by atoms with Crippen molar-refractivity contribution in [2.45, 2.75) is 5.92 Å². The summed E-state index contributed by atoms with van der Waals surface area (Å²) in [7, 11) is 2.75. The van der Waals surface area contributed by atoms with Gasteiger partial charge in [0, 0.05) is 19.8 Å². The van der Waals surface area contributed by atoms with Gasteiger partial charge in [-0.1, -0.05) is 43.5 Å². The highest BCUT2D eigenvalue weighted by Crippen LogP contribution is 2.28. The molecule has 121 valence electrons. The summed E-state index contributed by atoms with van der Waals surface area (Å²) in [4.78, 5) is 26.2. The van der Waals surface area contributed by atoms with Crippen molar-refractivity contribution >= 4 is 25.1 Å². The van der Waals surface area contributed by atoms with Crippen molar-refractivity contribution < 1.29 is 18.2 Å². The number of allylic oxidation sites excluding steroid dienone is 4. The molecule has 1 rings (SSSR count). The van der Waals surface area contributed by atoms with E-state index in [0.717, 1.165) is 5.69 Å². The molecule has 0 aromatic heterocycles. The third-order valence-electron chi connectivity index (χ3n) is 2.90. The highest BCUT2D eigenvalue weighted by molar-refractivity contribution is 6.16. The Morgan fingerprint density at radius 2 is 1.74 bits per heavy atom. The van der Waals surface area contributed by atoms with E-state index in [1.54, 1.807) is 6.07 Å². The molecule has 1 unspecified atom stereocenters. The van der Waals surface area contributed by atoms with Gasteiger partial charge in [-0.3, -0.25) is 18.2 Å². The summed E-state index contributed by atoms with van der Waals surface area (Å²) in [6, 6.07) is 7.36. The highest BCUT2D eigenvalue weighted by Gasteiger charge is 2.27. The van der Waals surface area contributed by atoms with E-state index in [1.807, 2.05) is 37.2 Å². The topological polar surface area (TPSA) is 37.4 Å². The molecule has 0 bridgehead atoms. The van der Waals surface area contributed by atoms with Crippen LogP contribution >= 0.6 is 0 Å². The van der Waals surface area contributed by atoms with E-state index in [4.69, 9.17) is 0 Å². The number of anilines is 1. The molecule has 23 heavy (non-hydrogen) atoms. The third-order valence-corrected chi connectivity index (χ3v) is 2.90. The number of hydrogen-bond donors (Lipinski definition) is 0. The minimum atomic E-state index is -1.00. The van der Waals surface area contributed by atoms with Crippen LogP contribution in [0.15, 0.2) is 61.7 Å². The molecule has 0 heterocycles. The molecule has 0 aliphatic heterocycles. The van der Waals surface area contributed by atoms with Crippen molar-refractivity contribution in [1.82, 2.24) is 0 Å². The standard InChI is InChI=1S/C17H19NO2.BF2/c1-5-7-12-16(20)17(15(19)6-2)13-10-8-9-11-14(13)18(3)4;2-1-3/h5-12,17H,1-2H2,3-4H3;. The maximum Gasteiger partial charge on any atom is 0.577 e. The summed E-state index contributed by atoms with van der Waals surface area (Å²) in [6.45, 7) is 7.01. The first kappa shape index (κ1) is 20.5. The molecule has 6 heteroatoms. The Hall–Kier alpha value is -2.50. The summed E-state index contributed by atoms with van der Waals surface area (Å²) in [5.41, 5.74) is 1.52. The normalized spacial score (nSPS) is 11.0. The number of nitrogens with zero attached hydrogens (tertiary/aromatic N) is 1. The third kappa shape index (κ3) is 6.42. The van der Waals surface area contributed by atoms with E-state index < -0.39 is 13.8 Å². The van der Waals surface area contributed by atoms with Gasteiger partial charge in [0.2, 0.25) is 0 Å². The maximum absolute atomic E-state index is 12.3. The van der Waals surface area contributed by atoms with Gasteiger partial charge >= 0.3 is 7.83 Å². The number of hydrogen-bond acceptors (Lipinski definition) is 3. The van der Waals surface area contributed by atoms with Crippen LogP contribution in [-0.2, 0) is 9.59 Å².